The third-order valence-electron chi connectivity index (χ3n) is 4.27. The van der Waals surface area contributed by atoms with Gasteiger partial charge in [0.25, 0.3) is 5.91 Å². The number of rotatable bonds is 5. The summed E-state index contributed by atoms with van der Waals surface area (Å²) in [6, 6.07) is 7.95. The molecule has 0 fully saturated rings. The summed E-state index contributed by atoms with van der Waals surface area (Å²) in [6.07, 6.45) is 0.608. The van der Waals surface area contributed by atoms with Crippen molar-refractivity contribution in [1.82, 2.24) is 9.62 Å². The van der Waals surface area contributed by atoms with Gasteiger partial charge in [0.15, 0.2) is 0 Å². The van der Waals surface area contributed by atoms with Crippen LogP contribution in [0.15, 0.2) is 40.6 Å². The van der Waals surface area contributed by atoms with Crippen LogP contribution in [0.4, 0.5) is 0 Å². The van der Waals surface area contributed by atoms with Crippen LogP contribution in [-0.2, 0) is 27.8 Å². The standard InChI is InChI=1S/C17H18N2O5S2/c1-11(17(21)22)18-16(20)15-14(7-9-25-15)26(23,24)19-8-6-12-4-2-3-5-13(12)10-19/h2-5,7,9,11H,6,8,10H2,1H3,(H,18,20)(H,21,22)/t11-/m0/s1. The van der Waals surface area contributed by atoms with E-state index in [9.17, 15) is 18.0 Å². The predicted octanol–water partition coefficient (Wildman–Crippen LogP) is 1.70. The lowest BCUT2D eigenvalue weighted by atomic mass is 10.0. The average molecular weight is 394 g/mol. The van der Waals surface area contributed by atoms with Gasteiger partial charge < -0.3 is 10.4 Å². The van der Waals surface area contributed by atoms with Crippen LogP contribution in [0.2, 0.25) is 0 Å². The summed E-state index contributed by atoms with van der Waals surface area (Å²) < 4.78 is 27.4. The van der Waals surface area contributed by atoms with Crippen LogP contribution in [0, 0.1) is 0 Å². The Morgan fingerprint density at radius 3 is 2.62 bits per heavy atom. The summed E-state index contributed by atoms with van der Waals surface area (Å²) in [5.74, 6) is -1.89. The first-order valence-electron chi connectivity index (χ1n) is 7.99. The zero-order valence-electron chi connectivity index (χ0n) is 14.0. The molecular weight excluding hydrogens is 376 g/mol. The van der Waals surface area contributed by atoms with Crippen LogP contribution >= 0.6 is 11.3 Å². The van der Waals surface area contributed by atoms with E-state index in [0.717, 1.165) is 22.5 Å². The minimum atomic E-state index is -3.86. The third kappa shape index (κ3) is 3.50. The summed E-state index contributed by atoms with van der Waals surface area (Å²) in [4.78, 5) is 23.1. The molecule has 2 heterocycles. The molecule has 1 aromatic heterocycles. The van der Waals surface area contributed by atoms with E-state index in [-0.39, 0.29) is 16.3 Å². The van der Waals surface area contributed by atoms with Crippen LogP contribution in [0.3, 0.4) is 0 Å². The first-order valence-corrected chi connectivity index (χ1v) is 10.3. The fourth-order valence-corrected chi connectivity index (χ4v) is 5.53. The van der Waals surface area contributed by atoms with E-state index in [4.69, 9.17) is 5.11 Å². The topological polar surface area (TPSA) is 104 Å². The highest BCUT2D eigenvalue weighted by Crippen LogP contribution is 2.29. The van der Waals surface area contributed by atoms with Gasteiger partial charge in [-0.15, -0.1) is 11.3 Å². The number of carboxylic acid groups (broad SMARTS) is 1. The van der Waals surface area contributed by atoms with Crippen molar-refractivity contribution in [2.75, 3.05) is 6.54 Å². The molecule has 0 saturated heterocycles. The van der Waals surface area contributed by atoms with Crippen LogP contribution in [-0.4, -0.2) is 42.3 Å². The summed E-state index contributed by atoms with van der Waals surface area (Å²) in [5.41, 5.74) is 2.07. The first-order chi connectivity index (χ1) is 12.3. The van der Waals surface area contributed by atoms with Crippen LogP contribution in [0.25, 0.3) is 0 Å². The van der Waals surface area contributed by atoms with Gasteiger partial charge in [0.1, 0.15) is 15.8 Å². The van der Waals surface area contributed by atoms with Crippen molar-refractivity contribution in [2.45, 2.75) is 30.8 Å². The number of benzene rings is 1. The average Bonchev–Trinajstić information content (AvgIpc) is 3.12. The number of hydrogen-bond acceptors (Lipinski definition) is 5. The maximum Gasteiger partial charge on any atom is 0.325 e. The highest BCUT2D eigenvalue weighted by atomic mass is 32.2. The maximum absolute atomic E-state index is 13.0. The smallest absolute Gasteiger partial charge is 0.325 e. The number of carbonyl (C=O) groups is 2. The van der Waals surface area contributed by atoms with Crippen molar-refractivity contribution in [3.63, 3.8) is 0 Å². The molecule has 3 rings (SSSR count). The molecule has 2 N–H and O–H groups in total. The number of thiophene rings is 1. The van der Waals surface area contributed by atoms with E-state index < -0.39 is 27.9 Å². The van der Waals surface area contributed by atoms with Crippen molar-refractivity contribution in [3.05, 3.63) is 51.7 Å². The van der Waals surface area contributed by atoms with Gasteiger partial charge in [-0.2, -0.15) is 4.31 Å². The van der Waals surface area contributed by atoms with Gasteiger partial charge >= 0.3 is 5.97 Å². The molecule has 0 bridgehead atoms. The molecule has 0 radical (unpaired) electrons. The van der Waals surface area contributed by atoms with Crippen LogP contribution < -0.4 is 5.32 Å². The number of carboxylic acids is 1. The van der Waals surface area contributed by atoms with Gasteiger partial charge in [0.05, 0.1) is 0 Å². The Balaban J connectivity index is 1.87. The predicted molar refractivity (Wildman–Crippen MR) is 96.6 cm³/mol. The van der Waals surface area contributed by atoms with E-state index >= 15 is 0 Å². The van der Waals surface area contributed by atoms with Gasteiger partial charge in [-0.05, 0) is 35.9 Å². The van der Waals surface area contributed by atoms with Crippen LogP contribution in [0.5, 0.6) is 0 Å². The lowest BCUT2D eigenvalue weighted by Crippen LogP contribution is -2.40. The highest BCUT2D eigenvalue weighted by molar-refractivity contribution is 7.89. The zero-order valence-corrected chi connectivity index (χ0v) is 15.6. The van der Waals surface area contributed by atoms with Crippen LogP contribution in [0.1, 0.15) is 27.7 Å². The van der Waals surface area contributed by atoms with Gasteiger partial charge in [-0.3, -0.25) is 9.59 Å². The second-order valence-corrected chi connectivity index (χ2v) is 8.83. The van der Waals surface area contributed by atoms with E-state index in [0.29, 0.717) is 13.0 Å². The Morgan fingerprint density at radius 2 is 1.92 bits per heavy atom. The molecule has 1 amide bonds. The molecule has 0 aliphatic carbocycles. The molecule has 138 valence electrons. The summed E-state index contributed by atoms with van der Waals surface area (Å²) >= 11 is 0.977. The monoisotopic (exact) mass is 394 g/mol. The van der Waals surface area contributed by atoms with Crippen molar-refractivity contribution in [3.8, 4) is 0 Å². The summed E-state index contributed by atoms with van der Waals surface area (Å²) in [7, 11) is -3.86. The Hall–Kier alpha value is -2.23. The zero-order chi connectivity index (χ0) is 18.9. The molecule has 1 aliphatic rings. The van der Waals surface area contributed by atoms with E-state index in [1.165, 1.54) is 22.7 Å². The Morgan fingerprint density at radius 1 is 1.23 bits per heavy atom. The van der Waals surface area contributed by atoms with Gasteiger partial charge in [0, 0.05) is 13.1 Å². The van der Waals surface area contributed by atoms with Gasteiger partial charge in [-0.1, -0.05) is 24.3 Å². The van der Waals surface area contributed by atoms with E-state index in [1.807, 2.05) is 24.3 Å². The van der Waals surface area contributed by atoms with E-state index in [1.54, 1.807) is 0 Å². The fourth-order valence-electron chi connectivity index (χ4n) is 2.80. The van der Waals surface area contributed by atoms with E-state index in [2.05, 4.69) is 5.32 Å². The Labute approximate surface area is 155 Å². The lowest BCUT2D eigenvalue weighted by molar-refractivity contribution is -0.138. The largest absolute Gasteiger partial charge is 0.480 e. The number of hydrogen-bond donors (Lipinski definition) is 2. The number of sulfonamides is 1. The molecule has 0 spiro atoms. The maximum atomic E-state index is 13.0. The van der Waals surface area contributed by atoms with Crippen molar-refractivity contribution < 1.29 is 23.1 Å². The Bertz CT molecular complexity index is 952. The number of aliphatic carboxylic acids is 1. The van der Waals surface area contributed by atoms with Crippen molar-refractivity contribution >= 4 is 33.2 Å². The number of amides is 1. The lowest BCUT2D eigenvalue weighted by Gasteiger charge is -2.28. The summed E-state index contributed by atoms with van der Waals surface area (Å²) in [5, 5.41) is 12.7. The second-order valence-electron chi connectivity index (χ2n) is 6.00. The minimum Gasteiger partial charge on any atom is -0.480 e. The van der Waals surface area contributed by atoms with Gasteiger partial charge in [-0.25, -0.2) is 8.42 Å². The molecule has 26 heavy (non-hydrogen) atoms. The SMILES string of the molecule is C[C@H](NC(=O)c1sccc1S(=O)(=O)N1CCc2ccccc2C1)C(=O)O. The minimum absolute atomic E-state index is 0.00282. The Kier molecular flexibility index (Phi) is 5.12. The number of carbonyl (C=O) groups excluding carboxylic acids is 1. The molecule has 2 aromatic rings. The quantitative estimate of drug-likeness (QED) is 0.803. The van der Waals surface area contributed by atoms with Crippen molar-refractivity contribution in [2.24, 2.45) is 0 Å². The third-order valence-corrected chi connectivity index (χ3v) is 7.20. The molecule has 1 aliphatic heterocycles. The molecule has 7 nitrogen and oxygen atoms in total. The molecule has 1 aromatic carbocycles. The molecule has 0 saturated carbocycles. The molecular formula is C17H18N2O5S2. The fraction of sp³-hybridized carbons (Fsp3) is 0.294. The first kappa shape index (κ1) is 18.6. The number of nitrogens with zero attached hydrogens (tertiary/aromatic N) is 1. The number of nitrogens with one attached hydrogen (secondary N) is 1. The van der Waals surface area contributed by atoms with Crippen molar-refractivity contribution in [1.29, 1.82) is 0 Å². The highest BCUT2D eigenvalue weighted by Gasteiger charge is 2.32. The second kappa shape index (κ2) is 7.18. The molecule has 9 heteroatoms. The summed E-state index contributed by atoms with van der Waals surface area (Å²) in [6.45, 7) is 1.91. The normalized spacial score (nSPS) is 15.9. The van der Waals surface area contributed by atoms with Gasteiger partial charge in [0.2, 0.25) is 10.0 Å². The number of fused-ring (bicyclic) bond motifs is 1. The molecule has 0 unspecified atom stereocenters. The molecule has 1 atom stereocenters.